The van der Waals surface area contributed by atoms with Gasteiger partial charge >= 0.3 is 12.4 Å². The van der Waals surface area contributed by atoms with Crippen molar-refractivity contribution in [2.24, 2.45) is 5.92 Å². The summed E-state index contributed by atoms with van der Waals surface area (Å²) in [7, 11) is 1.54. The van der Waals surface area contributed by atoms with Gasteiger partial charge in [-0.1, -0.05) is 12.6 Å². The molecule has 1 saturated carbocycles. The van der Waals surface area contributed by atoms with Gasteiger partial charge in [0.25, 0.3) is 0 Å². The molecule has 4 nitrogen and oxygen atoms in total. The van der Waals surface area contributed by atoms with Crippen LogP contribution in [0.5, 0.6) is 11.5 Å². The smallest absolute Gasteiger partial charge is 0.416 e. The van der Waals surface area contributed by atoms with E-state index in [9.17, 15) is 31.4 Å². The van der Waals surface area contributed by atoms with Gasteiger partial charge in [0, 0.05) is 30.4 Å². The van der Waals surface area contributed by atoms with E-state index in [1.807, 2.05) is 0 Å². The van der Waals surface area contributed by atoms with Gasteiger partial charge in [0.1, 0.15) is 11.5 Å². The first-order valence-electron chi connectivity index (χ1n) is 11.2. The number of halogens is 6. The number of alkyl halides is 6. The summed E-state index contributed by atoms with van der Waals surface area (Å²) in [6.07, 6.45) is -6.46. The van der Waals surface area contributed by atoms with E-state index in [1.54, 1.807) is 18.2 Å². The fraction of sp³-hybridized carbons (Fsp3) is 0.440. The quantitative estimate of drug-likeness (QED) is 0.369. The predicted molar refractivity (Wildman–Crippen MR) is 121 cm³/mol. The van der Waals surface area contributed by atoms with Crippen molar-refractivity contribution in [2.75, 3.05) is 13.7 Å². The summed E-state index contributed by atoms with van der Waals surface area (Å²) in [5.41, 5.74) is -2.27. The lowest BCUT2D eigenvalue weighted by atomic mass is 9.85. The second-order valence-electron chi connectivity index (χ2n) is 8.71. The normalized spacial score (nSPS) is 18.8. The van der Waals surface area contributed by atoms with Crippen LogP contribution >= 0.6 is 0 Å². The number of phenolic OH excluding ortho intramolecular Hbond substituents is 1. The summed E-state index contributed by atoms with van der Waals surface area (Å²) < 4.78 is 83.9. The van der Waals surface area contributed by atoms with Crippen LogP contribution in [0.2, 0.25) is 0 Å². The van der Waals surface area contributed by atoms with Crippen molar-refractivity contribution in [2.45, 2.75) is 50.6 Å². The third-order valence-corrected chi connectivity index (χ3v) is 6.28. The SMILES string of the molecule is C=C(NCC1CCC(NCc2c(O)cccc2OC)CC1)c1cc(C(F)(F)F)cc(C(F)(F)F)c1. The molecule has 0 heterocycles. The molecule has 0 atom stereocenters. The van der Waals surface area contributed by atoms with Crippen molar-refractivity contribution in [3.05, 3.63) is 65.2 Å². The van der Waals surface area contributed by atoms with Gasteiger partial charge in [-0.15, -0.1) is 0 Å². The molecule has 1 aliphatic carbocycles. The van der Waals surface area contributed by atoms with E-state index in [4.69, 9.17) is 4.74 Å². The minimum Gasteiger partial charge on any atom is -0.507 e. The molecule has 3 N–H and O–H groups in total. The Hall–Kier alpha value is -2.88. The number of phenols is 1. The highest BCUT2D eigenvalue weighted by atomic mass is 19.4. The number of rotatable bonds is 8. The van der Waals surface area contributed by atoms with Gasteiger partial charge in [-0.3, -0.25) is 0 Å². The second-order valence-corrected chi connectivity index (χ2v) is 8.71. The van der Waals surface area contributed by atoms with Crippen LogP contribution in [-0.4, -0.2) is 24.8 Å². The summed E-state index contributed by atoms with van der Waals surface area (Å²) >= 11 is 0. The molecule has 1 aliphatic rings. The highest BCUT2D eigenvalue weighted by molar-refractivity contribution is 5.63. The molecule has 0 unspecified atom stereocenters. The lowest BCUT2D eigenvalue weighted by molar-refractivity contribution is -0.143. The molecular weight excluding hydrogens is 474 g/mol. The molecule has 192 valence electrons. The van der Waals surface area contributed by atoms with E-state index in [2.05, 4.69) is 17.2 Å². The van der Waals surface area contributed by atoms with E-state index >= 15 is 0 Å². The first-order valence-corrected chi connectivity index (χ1v) is 11.2. The second kappa shape index (κ2) is 10.8. The van der Waals surface area contributed by atoms with E-state index in [-0.39, 0.29) is 35.0 Å². The summed E-state index contributed by atoms with van der Waals surface area (Å²) in [6.45, 7) is 4.51. The van der Waals surface area contributed by atoms with Crippen molar-refractivity contribution in [3.8, 4) is 11.5 Å². The molecule has 0 aromatic heterocycles. The Morgan fingerprint density at radius 2 is 1.60 bits per heavy atom. The molecule has 0 spiro atoms. The summed E-state index contributed by atoms with van der Waals surface area (Å²) in [5.74, 6) is 0.950. The Labute approximate surface area is 200 Å². The lowest BCUT2D eigenvalue weighted by Crippen LogP contribution is -2.35. The zero-order chi connectivity index (χ0) is 25.8. The van der Waals surface area contributed by atoms with Gasteiger partial charge in [0.05, 0.1) is 18.2 Å². The fourth-order valence-electron chi connectivity index (χ4n) is 4.24. The number of methoxy groups -OCH3 is 1. The van der Waals surface area contributed by atoms with Crippen LogP contribution in [0.1, 0.15) is 47.9 Å². The standard InChI is InChI=1S/C25H28F6N2O2/c1-15(17-10-18(24(26,27)28)12-19(11-17)25(29,30)31)32-13-16-6-8-20(9-7-16)33-14-21-22(34)4-3-5-23(21)35-2/h3-5,10-12,16,20,32-34H,1,6-9,13-14H2,2H3. The van der Waals surface area contributed by atoms with E-state index in [1.165, 1.54) is 7.11 Å². The molecule has 35 heavy (non-hydrogen) atoms. The Balaban J connectivity index is 1.53. The van der Waals surface area contributed by atoms with Crippen LogP contribution < -0.4 is 15.4 Å². The molecule has 10 heteroatoms. The Kier molecular flexibility index (Phi) is 8.25. The molecule has 0 bridgehead atoms. The number of benzene rings is 2. The topological polar surface area (TPSA) is 53.5 Å². The molecule has 0 radical (unpaired) electrons. The monoisotopic (exact) mass is 502 g/mol. The zero-order valence-electron chi connectivity index (χ0n) is 19.2. The van der Waals surface area contributed by atoms with Crippen LogP contribution in [0.15, 0.2) is 43.0 Å². The first-order chi connectivity index (χ1) is 16.4. The van der Waals surface area contributed by atoms with Crippen LogP contribution in [0.3, 0.4) is 0 Å². The zero-order valence-corrected chi connectivity index (χ0v) is 19.2. The van der Waals surface area contributed by atoms with Crippen molar-refractivity contribution in [1.29, 1.82) is 0 Å². The number of hydrogen-bond acceptors (Lipinski definition) is 4. The maximum atomic E-state index is 13.1. The highest BCUT2D eigenvalue weighted by Gasteiger charge is 2.37. The molecular formula is C25H28F6N2O2. The molecule has 2 aromatic rings. The lowest BCUT2D eigenvalue weighted by Gasteiger charge is -2.30. The minimum absolute atomic E-state index is 0.0218. The van der Waals surface area contributed by atoms with Crippen LogP contribution in [0.25, 0.3) is 5.70 Å². The first kappa shape index (κ1) is 26.7. The van der Waals surface area contributed by atoms with Crippen LogP contribution in [0, 0.1) is 5.92 Å². The maximum absolute atomic E-state index is 13.1. The van der Waals surface area contributed by atoms with Crippen LogP contribution in [-0.2, 0) is 18.9 Å². The average molecular weight is 502 g/mol. The van der Waals surface area contributed by atoms with Gasteiger partial charge in [-0.25, -0.2) is 0 Å². The summed E-state index contributed by atoms with van der Waals surface area (Å²) in [4.78, 5) is 0. The van der Waals surface area contributed by atoms with Gasteiger partial charge in [0.15, 0.2) is 0 Å². The molecule has 3 rings (SSSR count). The predicted octanol–water partition coefficient (Wildman–Crippen LogP) is 6.35. The summed E-state index contributed by atoms with van der Waals surface area (Å²) in [5, 5.41) is 16.4. The maximum Gasteiger partial charge on any atom is 0.416 e. The van der Waals surface area contributed by atoms with Gasteiger partial charge in [-0.05, 0) is 67.5 Å². The van der Waals surface area contributed by atoms with E-state index < -0.39 is 23.5 Å². The van der Waals surface area contributed by atoms with Gasteiger partial charge < -0.3 is 20.5 Å². The van der Waals surface area contributed by atoms with Gasteiger partial charge in [-0.2, -0.15) is 26.3 Å². The van der Waals surface area contributed by atoms with Crippen LogP contribution in [0.4, 0.5) is 26.3 Å². The average Bonchev–Trinajstić information content (AvgIpc) is 2.80. The molecule has 0 aliphatic heterocycles. The van der Waals surface area contributed by atoms with E-state index in [0.29, 0.717) is 36.5 Å². The molecule has 2 aromatic carbocycles. The van der Waals surface area contributed by atoms with Crippen molar-refractivity contribution in [1.82, 2.24) is 10.6 Å². The van der Waals surface area contributed by atoms with Crippen molar-refractivity contribution >= 4 is 5.70 Å². The van der Waals surface area contributed by atoms with Crippen molar-refractivity contribution < 1.29 is 36.2 Å². The number of hydrogen-bond donors (Lipinski definition) is 3. The third-order valence-electron chi connectivity index (χ3n) is 6.28. The fourth-order valence-corrected chi connectivity index (χ4v) is 4.24. The minimum atomic E-state index is -4.90. The highest BCUT2D eigenvalue weighted by Crippen LogP contribution is 2.37. The third kappa shape index (κ3) is 7.06. The van der Waals surface area contributed by atoms with E-state index in [0.717, 1.165) is 25.7 Å². The number of ether oxygens (including phenoxy) is 1. The molecule has 0 saturated heterocycles. The molecule has 0 amide bonds. The Bertz CT molecular complexity index is 995. The van der Waals surface area contributed by atoms with Gasteiger partial charge in [0.2, 0.25) is 0 Å². The largest absolute Gasteiger partial charge is 0.507 e. The number of aromatic hydroxyl groups is 1. The Morgan fingerprint density at radius 1 is 1.00 bits per heavy atom. The molecule has 1 fully saturated rings. The Morgan fingerprint density at radius 3 is 2.14 bits per heavy atom. The van der Waals surface area contributed by atoms with Crippen molar-refractivity contribution in [3.63, 3.8) is 0 Å². The number of nitrogens with one attached hydrogen (secondary N) is 2. The summed E-state index contributed by atoms with van der Waals surface area (Å²) in [6, 6.07) is 6.75.